The van der Waals surface area contributed by atoms with Crippen molar-refractivity contribution >= 4 is 35.5 Å². The van der Waals surface area contributed by atoms with Crippen molar-refractivity contribution in [2.45, 2.75) is 76.7 Å². The van der Waals surface area contributed by atoms with Gasteiger partial charge in [0.2, 0.25) is 11.8 Å². The summed E-state index contributed by atoms with van der Waals surface area (Å²) >= 11 is 1.33. The summed E-state index contributed by atoms with van der Waals surface area (Å²) in [5, 5.41) is 24.3. The highest BCUT2D eigenvalue weighted by Gasteiger charge is 2.64. The van der Waals surface area contributed by atoms with E-state index in [0.29, 0.717) is 11.3 Å². The van der Waals surface area contributed by atoms with Gasteiger partial charge in [-0.3, -0.25) is 9.59 Å². The van der Waals surface area contributed by atoms with Gasteiger partial charge in [0.1, 0.15) is 29.2 Å². The molecule has 0 aromatic heterocycles. The van der Waals surface area contributed by atoms with Gasteiger partial charge in [0.25, 0.3) is 0 Å². The molecule has 0 bridgehead atoms. The third kappa shape index (κ3) is 7.91. The average molecular weight is 579 g/mol. The van der Waals surface area contributed by atoms with Crippen molar-refractivity contribution in [2.24, 2.45) is 0 Å². The zero-order valence-electron chi connectivity index (χ0n) is 24.3. The zero-order valence-corrected chi connectivity index (χ0v) is 25.1. The monoisotopic (exact) mass is 578 g/mol. The molecule has 2 aliphatic heterocycles. The number of esters is 1. The summed E-state index contributed by atoms with van der Waals surface area (Å²) in [6.45, 7) is 17.1. The van der Waals surface area contributed by atoms with E-state index in [1.54, 1.807) is 39.8 Å². The number of hydrogen-bond acceptors (Lipinski definition) is 9. The number of phenols is 1. The number of carboxylic acid groups (broad SMARTS) is 1. The molecule has 4 N–H and O–H groups in total. The molecular weight excluding hydrogens is 536 g/mol. The van der Waals surface area contributed by atoms with Crippen LogP contribution in [0.1, 0.15) is 60.1 Å². The fourth-order valence-corrected chi connectivity index (χ4v) is 6.28. The molecule has 0 saturated carbocycles. The number of allylic oxidation sites excluding steroid dienone is 1. The Balaban J connectivity index is 0.000000708. The number of aliphatic carboxylic acids is 1. The molecule has 0 unspecified atom stereocenters. The first kappa shape index (κ1) is 33.0. The molecule has 2 aliphatic rings. The van der Waals surface area contributed by atoms with Gasteiger partial charge in [-0.05, 0) is 65.0 Å². The fourth-order valence-electron chi connectivity index (χ4n) is 4.65. The first-order valence-electron chi connectivity index (χ1n) is 13.5. The second kappa shape index (κ2) is 14.4. The summed E-state index contributed by atoms with van der Waals surface area (Å²) in [4.78, 5) is 53.1. The Labute approximate surface area is 240 Å². The lowest BCUT2D eigenvalue weighted by Gasteiger charge is -2.44. The van der Waals surface area contributed by atoms with Crippen LogP contribution in [0, 0.1) is 0 Å². The molecule has 2 fully saturated rings. The third-order valence-corrected chi connectivity index (χ3v) is 8.37. The highest BCUT2D eigenvalue weighted by Crippen LogP contribution is 2.50. The molecule has 222 valence electrons. The largest absolute Gasteiger partial charge is 0.508 e. The standard InChI is InChI=1S/C22H27N3O7S.C6H15N/c1-5-32-14(27)10-11(2)23-15(12-6-8-13(26)9-7-12)18(28)24-16-19(29)25-17(21(30)31)22(3,4)33-20(16)25;1-4-7(5-2)6-3/h6-10,15-17,20,23,26H,5H2,1-4H3,(H,24,28)(H,30,31);4-6H2,1-3H3/b11-10-;/t15-,16-,17+,20-;/m1./s1. The number of phenolic OH excluding ortho intramolecular Hbond substituents is 1. The molecule has 1 aromatic carbocycles. The lowest BCUT2D eigenvalue weighted by molar-refractivity contribution is -0.161. The van der Waals surface area contributed by atoms with Crippen LogP contribution < -0.4 is 10.6 Å². The Morgan fingerprint density at radius 3 is 2.17 bits per heavy atom. The molecule has 2 heterocycles. The number of thioether (sulfide) groups is 1. The summed E-state index contributed by atoms with van der Waals surface area (Å²) in [5.41, 5.74) is 0.860. The van der Waals surface area contributed by atoms with Crippen molar-refractivity contribution in [1.29, 1.82) is 0 Å². The van der Waals surface area contributed by atoms with Crippen LogP contribution in [-0.2, 0) is 23.9 Å². The van der Waals surface area contributed by atoms with E-state index in [-0.39, 0.29) is 12.4 Å². The Kier molecular flexibility index (Phi) is 11.9. The van der Waals surface area contributed by atoms with Gasteiger partial charge in [0.15, 0.2) is 0 Å². The average Bonchev–Trinajstić information content (AvgIpc) is 3.15. The summed E-state index contributed by atoms with van der Waals surface area (Å²) in [5.74, 6) is -2.63. The van der Waals surface area contributed by atoms with E-state index in [4.69, 9.17) is 4.74 Å². The molecule has 0 spiro atoms. The summed E-state index contributed by atoms with van der Waals surface area (Å²) in [7, 11) is 0. The predicted molar refractivity (Wildman–Crippen MR) is 153 cm³/mol. The highest BCUT2D eigenvalue weighted by molar-refractivity contribution is 8.01. The van der Waals surface area contributed by atoms with Gasteiger partial charge in [-0.2, -0.15) is 0 Å². The van der Waals surface area contributed by atoms with E-state index in [2.05, 4.69) is 36.3 Å². The van der Waals surface area contributed by atoms with Crippen molar-refractivity contribution in [1.82, 2.24) is 20.4 Å². The third-order valence-electron chi connectivity index (χ3n) is 6.80. The second-order valence-electron chi connectivity index (χ2n) is 9.95. The predicted octanol–water partition coefficient (Wildman–Crippen LogP) is 2.47. The quantitative estimate of drug-likeness (QED) is 0.175. The Bertz CT molecular complexity index is 1080. The first-order chi connectivity index (χ1) is 18.8. The molecule has 1 aromatic rings. The van der Waals surface area contributed by atoms with E-state index in [1.165, 1.54) is 54.5 Å². The normalized spacial score (nSPS) is 21.9. The van der Waals surface area contributed by atoms with Crippen molar-refractivity contribution in [2.75, 3.05) is 26.2 Å². The maximum atomic E-state index is 13.2. The number of β-lactam (4-membered cyclic amide) rings is 1. The number of carbonyl (C=O) groups is 4. The molecule has 2 saturated heterocycles. The van der Waals surface area contributed by atoms with Crippen molar-refractivity contribution in [3.05, 3.63) is 41.6 Å². The van der Waals surface area contributed by atoms with Crippen molar-refractivity contribution in [3.63, 3.8) is 0 Å². The first-order valence-corrected chi connectivity index (χ1v) is 14.3. The summed E-state index contributed by atoms with van der Waals surface area (Å²) in [6.07, 6.45) is 1.22. The molecule has 0 aliphatic carbocycles. The van der Waals surface area contributed by atoms with Crippen LogP contribution in [0.2, 0.25) is 0 Å². The maximum Gasteiger partial charge on any atom is 0.332 e. The highest BCUT2D eigenvalue weighted by atomic mass is 32.2. The molecule has 2 amide bonds. The van der Waals surface area contributed by atoms with E-state index >= 15 is 0 Å². The van der Waals surface area contributed by atoms with Gasteiger partial charge in [-0.1, -0.05) is 32.9 Å². The summed E-state index contributed by atoms with van der Waals surface area (Å²) in [6, 6.07) is 3.11. The second-order valence-corrected chi connectivity index (χ2v) is 11.7. The van der Waals surface area contributed by atoms with E-state index in [9.17, 15) is 29.4 Å². The van der Waals surface area contributed by atoms with E-state index < -0.39 is 52.0 Å². The van der Waals surface area contributed by atoms with Gasteiger partial charge in [0.05, 0.1) is 6.61 Å². The molecule has 4 atom stereocenters. The van der Waals surface area contributed by atoms with Gasteiger partial charge in [-0.15, -0.1) is 11.8 Å². The maximum absolute atomic E-state index is 13.2. The zero-order chi connectivity index (χ0) is 30.2. The van der Waals surface area contributed by atoms with E-state index in [1.807, 2.05) is 0 Å². The van der Waals surface area contributed by atoms with Crippen LogP contribution in [-0.4, -0.2) is 92.2 Å². The number of nitrogens with zero attached hydrogens (tertiary/aromatic N) is 2. The lowest BCUT2D eigenvalue weighted by atomic mass is 9.95. The van der Waals surface area contributed by atoms with Gasteiger partial charge < -0.3 is 35.4 Å². The number of aromatic hydroxyl groups is 1. The topological polar surface area (TPSA) is 149 Å². The molecular formula is C28H42N4O7S. The van der Waals surface area contributed by atoms with Crippen molar-refractivity contribution in [3.8, 4) is 5.75 Å². The number of ether oxygens (including phenoxy) is 1. The van der Waals surface area contributed by atoms with Gasteiger partial charge in [-0.25, -0.2) is 9.59 Å². The molecule has 40 heavy (non-hydrogen) atoms. The number of carboxylic acids is 1. The number of fused-ring (bicyclic) bond motifs is 1. The van der Waals surface area contributed by atoms with Crippen LogP contribution in [0.4, 0.5) is 0 Å². The minimum atomic E-state index is -1.09. The van der Waals surface area contributed by atoms with Gasteiger partial charge >= 0.3 is 11.9 Å². The minimum Gasteiger partial charge on any atom is -0.508 e. The van der Waals surface area contributed by atoms with Crippen LogP contribution >= 0.6 is 11.8 Å². The fraction of sp³-hybridized carbons (Fsp3) is 0.571. The SMILES string of the molecule is CCN(CC)CC.CCOC(=O)/C=C(/C)N[C@@H](C(=O)N[C@@H]1C(=O)N2[C@@H]1SC(C)(C)[C@@H]2C(=O)O)c1ccc(O)cc1. The Morgan fingerprint density at radius 2 is 1.70 bits per heavy atom. The molecule has 3 rings (SSSR count). The molecule has 12 heteroatoms. The Hall–Kier alpha value is -3.25. The van der Waals surface area contributed by atoms with Crippen molar-refractivity contribution < 1.29 is 34.1 Å². The van der Waals surface area contributed by atoms with Gasteiger partial charge in [0, 0.05) is 16.5 Å². The number of rotatable bonds is 11. The number of hydrogen-bond donors (Lipinski definition) is 4. The summed E-state index contributed by atoms with van der Waals surface area (Å²) < 4.78 is 4.18. The smallest absolute Gasteiger partial charge is 0.332 e. The van der Waals surface area contributed by atoms with Crippen LogP contribution in [0.5, 0.6) is 5.75 Å². The Morgan fingerprint density at radius 1 is 1.12 bits per heavy atom. The number of nitrogens with one attached hydrogen (secondary N) is 2. The molecule has 11 nitrogen and oxygen atoms in total. The molecule has 0 radical (unpaired) electrons. The van der Waals surface area contributed by atoms with Crippen LogP contribution in [0.15, 0.2) is 36.0 Å². The van der Waals surface area contributed by atoms with Crippen LogP contribution in [0.3, 0.4) is 0 Å². The number of amides is 2. The van der Waals surface area contributed by atoms with E-state index in [0.717, 1.165) is 0 Å². The van der Waals surface area contributed by atoms with Crippen LogP contribution in [0.25, 0.3) is 0 Å². The lowest BCUT2D eigenvalue weighted by Crippen LogP contribution is -2.71. The minimum absolute atomic E-state index is 0.0193. The number of benzene rings is 1. The number of carbonyl (C=O) groups excluding carboxylic acids is 3.